The third-order valence-electron chi connectivity index (χ3n) is 4.44. The van der Waals surface area contributed by atoms with Gasteiger partial charge >= 0.3 is 5.97 Å². The smallest absolute Gasteiger partial charge is 0.325 e. The molecule has 0 unspecified atom stereocenters. The van der Waals surface area contributed by atoms with Gasteiger partial charge in [0.25, 0.3) is 5.91 Å². The second-order valence-electron chi connectivity index (χ2n) is 6.12. The van der Waals surface area contributed by atoms with E-state index in [-0.39, 0.29) is 25.5 Å². The van der Waals surface area contributed by atoms with Crippen LogP contribution in [0.5, 0.6) is 0 Å². The topological polar surface area (TPSA) is 71.9 Å². The minimum Gasteiger partial charge on any atom is -0.468 e. The molecule has 2 heterocycles. The second kappa shape index (κ2) is 7.66. The largest absolute Gasteiger partial charge is 0.468 e. The van der Waals surface area contributed by atoms with Gasteiger partial charge in [0.05, 0.1) is 31.5 Å². The zero-order chi connectivity index (χ0) is 19.7. The van der Waals surface area contributed by atoms with Crippen LogP contribution in [0, 0.1) is 6.92 Å². The lowest BCUT2D eigenvalue weighted by Gasteiger charge is -2.16. The SMILES string of the molecule is C=NCc1c(C)nc2c(c1-c1ccc(Cl)cc1Cl)C(=O)N(CC(=O)OC)C2. The summed E-state index contributed by atoms with van der Waals surface area (Å²) in [5, 5.41) is 0.910. The Morgan fingerprint density at radius 2 is 2.11 bits per heavy atom. The van der Waals surface area contributed by atoms with Crippen molar-refractivity contribution in [3.63, 3.8) is 0 Å². The fraction of sp³-hybridized carbons (Fsp3) is 0.263. The third kappa shape index (κ3) is 3.55. The Morgan fingerprint density at radius 1 is 1.37 bits per heavy atom. The second-order valence-corrected chi connectivity index (χ2v) is 6.96. The maximum Gasteiger partial charge on any atom is 0.325 e. The molecule has 0 spiro atoms. The standard InChI is InChI=1S/C19H17Cl2N3O3/c1-10-13(7-22-2)17(12-5-4-11(20)6-14(12)21)18-15(23-10)8-24(19(18)26)9-16(25)27-3/h4-6H,2,7-9H2,1,3H3. The molecule has 2 aromatic rings. The van der Waals surface area contributed by atoms with Crippen LogP contribution in [0.25, 0.3) is 11.1 Å². The first-order chi connectivity index (χ1) is 12.9. The Morgan fingerprint density at radius 3 is 2.74 bits per heavy atom. The maximum absolute atomic E-state index is 13.1. The number of carbonyl (C=O) groups excluding carboxylic acids is 2. The van der Waals surface area contributed by atoms with Gasteiger partial charge in [-0.2, -0.15) is 0 Å². The van der Waals surface area contributed by atoms with Gasteiger partial charge in [-0.3, -0.25) is 19.6 Å². The van der Waals surface area contributed by atoms with Crippen LogP contribution in [0.2, 0.25) is 10.0 Å². The highest BCUT2D eigenvalue weighted by atomic mass is 35.5. The van der Waals surface area contributed by atoms with E-state index >= 15 is 0 Å². The molecule has 6 nitrogen and oxygen atoms in total. The Balaban J connectivity index is 2.22. The summed E-state index contributed by atoms with van der Waals surface area (Å²) < 4.78 is 4.68. The van der Waals surface area contributed by atoms with Crippen molar-refractivity contribution in [3.05, 3.63) is 50.8 Å². The Bertz CT molecular complexity index is 960. The molecule has 3 rings (SSSR count). The van der Waals surface area contributed by atoms with E-state index in [9.17, 15) is 9.59 Å². The molecule has 0 bridgehead atoms. The molecule has 0 saturated heterocycles. The van der Waals surface area contributed by atoms with Crippen molar-refractivity contribution < 1.29 is 14.3 Å². The van der Waals surface area contributed by atoms with E-state index in [2.05, 4.69) is 21.4 Å². The average Bonchev–Trinajstić information content (AvgIpc) is 2.91. The van der Waals surface area contributed by atoms with Crippen molar-refractivity contribution in [2.24, 2.45) is 4.99 Å². The molecule has 8 heteroatoms. The molecule has 0 aliphatic carbocycles. The van der Waals surface area contributed by atoms with Gasteiger partial charge in [0.15, 0.2) is 0 Å². The third-order valence-corrected chi connectivity index (χ3v) is 4.99. The molecule has 0 saturated carbocycles. The minimum atomic E-state index is -0.494. The predicted octanol–water partition coefficient (Wildman–Crippen LogP) is 3.69. The zero-order valence-corrected chi connectivity index (χ0v) is 16.4. The van der Waals surface area contributed by atoms with Crippen LogP contribution < -0.4 is 0 Å². The Kier molecular flexibility index (Phi) is 5.48. The lowest BCUT2D eigenvalue weighted by atomic mass is 9.93. The fourth-order valence-corrected chi connectivity index (χ4v) is 3.70. The summed E-state index contributed by atoms with van der Waals surface area (Å²) >= 11 is 12.5. The molecule has 0 atom stereocenters. The molecular weight excluding hydrogens is 389 g/mol. The first kappa shape index (κ1) is 19.3. The van der Waals surface area contributed by atoms with E-state index in [0.717, 1.165) is 11.3 Å². The van der Waals surface area contributed by atoms with Gasteiger partial charge in [-0.15, -0.1) is 0 Å². The van der Waals surface area contributed by atoms with Crippen LogP contribution in [-0.2, 0) is 22.6 Å². The first-order valence-electron chi connectivity index (χ1n) is 8.13. The van der Waals surface area contributed by atoms with Crippen LogP contribution in [0.4, 0.5) is 0 Å². The van der Waals surface area contributed by atoms with E-state index in [1.807, 2.05) is 6.92 Å². The van der Waals surface area contributed by atoms with Gasteiger partial charge < -0.3 is 9.64 Å². The summed E-state index contributed by atoms with van der Waals surface area (Å²) in [5.41, 5.74) is 3.83. The Labute approximate surface area is 166 Å². The molecule has 0 N–H and O–H groups in total. The quantitative estimate of drug-likeness (QED) is 0.561. The normalized spacial score (nSPS) is 12.9. The number of benzene rings is 1. The van der Waals surface area contributed by atoms with E-state index < -0.39 is 5.97 Å². The number of rotatable bonds is 5. The number of carbonyl (C=O) groups is 2. The van der Waals surface area contributed by atoms with Crippen LogP contribution in [0.1, 0.15) is 27.3 Å². The highest BCUT2D eigenvalue weighted by Gasteiger charge is 2.35. The monoisotopic (exact) mass is 405 g/mol. The Hall–Kier alpha value is -2.44. The van der Waals surface area contributed by atoms with Crippen LogP contribution in [0.3, 0.4) is 0 Å². The van der Waals surface area contributed by atoms with Gasteiger partial charge in [-0.05, 0) is 25.8 Å². The van der Waals surface area contributed by atoms with Crippen molar-refractivity contribution in [2.45, 2.75) is 20.0 Å². The molecule has 1 aliphatic rings. The number of nitrogens with zero attached hydrogens (tertiary/aromatic N) is 3. The highest BCUT2D eigenvalue weighted by molar-refractivity contribution is 6.36. The molecule has 1 aliphatic heterocycles. The number of amides is 1. The van der Waals surface area contributed by atoms with E-state index in [0.29, 0.717) is 32.4 Å². The summed E-state index contributed by atoms with van der Waals surface area (Å²) in [4.78, 5) is 34.6. The number of pyridine rings is 1. The number of methoxy groups -OCH3 is 1. The number of hydrogen-bond donors (Lipinski definition) is 0. The van der Waals surface area contributed by atoms with Gasteiger partial charge in [-0.25, -0.2) is 0 Å². The number of esters is 1. The van der Waals surface area contributed by atoms with Crippen molar-refractivity contribution in [1.29, 1.82) is 0 Å². The summed E-state index contributed by atoms with van der Waals surface area (Å²) in [7, 11) is 1.28. The van der Waals surface area contributed by atoms with E-state index in [4.69, 9.17) is 23.2 Å². The molecule has 1 aromatic carbocycles. The summed E-state index contributed by atoms with van der Waals surface area (Å²) in [6.45, 7) is 5.77. The lowest BCUT2D eigenvalue weighted by molar-refractivity contribution is -0.141. The van der Waals surface area contributed by atoms with Crippen molar-refractivity contribution in [2.75, 3.05) is 13.7 Å². The van der Waals surface area contributed by atoms with Crippen molar-refractivity contribution in [1.82, 2.24) is 9.88 Å². The van der Waals surface area contributed by atoms with Crippen LogP contribution in [-0.4, -0.2) is 42.1 Å². The molecular formula is C19H17Cl2N3O3. The van der Waals surface area contributed by atoms with Crippen molar-refractivity contribution >= 4 is 41.8 Å². The predicted molar refractivity (Wildman–Crippen MR) is 104 cm³/mol. The number of aliphatic imine (C=N–C) groups is 1. The number of hydrogen-bond acceptors (Lipinski definition) is 5. The summed E-state index contributed by atoms with van der Waals surface area (Å²) in [5.74, 6) is -0.791. The highest BCUT2D eigenvalue weighted by Crippen LogP contribution is 2.40. The molecule has 1 amide bonds. The number of fused-ring (bicyclic) bond motifs is 1. The van der Waals surface area contributed by atoms with E-state index in [1.165, 1.54) is 12.0 Å². The molecule has 140 valence electrons. The summed E-state index contributed by atoms with van der Waals surface area (Å²) in [6, 6.07) is 5.10. The van der Waals surface area contributed by atoms with Crippen LogP contribution >= 0.6 is 23.2 Å². The molecule has 0 radical (unpaired) electrons. The zero-order valence-electron chi connectivity index (χ0n) is 14.9. The molecule has 27 heavy (non-hydrogen) atoms. The minimum absolute atomic E-state index is 0.145. The van der Waals surface area contributed by atoms with Gasteiger partial charge in [0, 0.05) is 32.4 Å². The summed E-state index contributed by atoms with van der Waals surface area (Å²) in [6.07, 6.45) is 0. The van der Waals surface area contributed by atoms with E-state index in [1.54, 1.807) is 18.2 Å². The fourth-order valence-electron chi connectivity index (χ4n) is 3.20. The average molecular weight is 406 g/mol. The first-order valence-corrected chi connectivity index (χ1v) is 8.89. The lowest BCUT2D eigenvalue weighted by Crippen LogP contribution is -2.30. The van der Waals surface area contributed by atoms with Gasteiger partial charge in [0.1, 0.15) is 6.54 Å². The van der Waals surface area contributed by atoms with Gasteiger partial charge in [-0.1, -0.05) is 29.3 Å². The van der Waals surface area contributed by atoms with Crippen LogP contribution in [0.15, 0.2) is 23.2 Å². The van der Waals surface area contributed by atoms with Crippen molar-refractivity contribution in [3.8, 4) is 11.1 Å². The molecule has 1 aromatic heterocycles. The number of halogens is 2. The number of aryl methyl sites for hydroxylation is 1. The molecule has 0 fully saturated rings. The maximum atomic E-state index is 13.1. The number of ether oxygens (including phenoxy) is 1. The number of aromatic nitrogens is 1. The van der Waals surface area contributed by atoms with Gasteiger partial charge in [0.2, 0.25) is 0 Å².